The summed E-state index contributed by atoms with van der Waals surface area (Å²) in [7, 11) is 0. The number of aryl methyl sites for hydroxylation is 2. The number of para-hydroxylation sites is 1. The summed E-state index contributed by atoms with van der Waals surface area (Å²) in [6.07, 6.45) is 5.54. The molecule has 0 saturated carbocycles. The van der Waals surface area contributed by atoms with E-state index in [0.29, 0.717) is 24.3 Å². The molecule has 0 radical (unpaired) electrons. The van der Waals surface area contributed by atoms with Gasteiger partial charge in [-0.3, -0.25) is 9.59 Å². The molecule has 2 aromatic heterocycles. The maximum Gasteiger partial charge on any atom is 0.259 e. The van der Waals surface area contributed by atoms with Crippen LogP contribution < -0.4 is 5.43 Å². The largest absolute Gasteiger partial charge is 0.346 e. The average Bonchev–Trinajstić information content (AvgIpc) is 3.35. The number of amides is 1. The zero-order valence-corrected chi connectivity index (χ0v) is 14.2. The minimum atomic E-state index is -0.176. The molecule has 5 rings (SSSR count). The first-order chi connectivity index (χ1) is 12.7. The number of benzene rings is 1. The minimum absolute atomic E-state index is 0.162. The van der Waals surface area contributed by atoms with Crippen molar-refractivity contribution in [1.82, 2.24) is 19.6 Å². The van der Waals surface area contributed by atoms with Crippen LogP contribution in [0.25, 0.3) is 10.9 Å². The minimum Gasteiger partial charge on any atom is -0.346 e. The number of likely N-dealkylation sites (tertiary alicyclic amines) is 1. The molecular formula is C19H18N4O3. The van der Waals surface area contributed by atoms with Gasteiger partial charge in [-0.2, -0.15) is 4.98 Å². The number of carbonyl (C=O) groups is 1. The van der Waals surface area contributed by atoms with E-state index in [9.17, 15) is 9.59 Å². The van der Waals surface area contributed by atoms with Crippen LogP contribution in [0, 0.1) is 0 Å². The molecule has 7 nitrogen and oxygen atoms in total. The molecule has 0 unspecified atom stereocenters. The van der Waals surface area contributed by atoms with Crippen molar-refractivity contribution in [1.29, 1.82) is 0 Å². The number of aromatic nitrogens is 3. The van der Waals surface area contributed by atoms with E-state index in [-0.39, 0.29) is 22.8 Å². The zero-order valence-electron chi connectivity index (χ0n) is 14.2. The van der Waals surface area contributed by atoms with E-state index >= 15 is 0 Å². The summed E-state index contributed by atoms with van der Waals surface area (Å²) in [6, 6.07) is 5.77. The predicted molar refractivity (Wildman–Crippen MR) is 94.1 cm³/mol. The van der Waals surface area contributed by atoms with E-state index in [1.165, 1.54) is 12.0 Å². The van der Waals surface area contributed by atoms with Crippen molar-refractivity contribution in [2.75, 3.05) is 13.1 Å². The van der Waals surface area contributed by atoms with E-state index in [2.05, 4.69) is 16.2 Å². The average molecular weight is 350 g/mol. The topological polar surface area (TPSA) is 81.2 Å². The van der Waals surface area contributed by atoms with Gasteiger partial charge < -0.3 is 14.0 Å². The van der Waals surface area contributed by atoms with Gasteiger partial charge >= 0.3 is 0 Å². The molecule has 26 heavy (non-hydrogen) atoms. The van der Waals surface area contributed by atoms with Crippen LogP contribution in [-0.2, 0) is 13.0 Å². The molecule has 0 bridgehead atoms. The van der Waals surface area contributed by atoms with Gasteiger partial charge in [0.1, 0.15) is 5.56 Å². The predicted octanol–water partition coefficient (Wildman–Crippen LogP) is 1.96. The summed E-state index contributed by atoms with van der Waals surface area (Å²) in [6.45, 7) is 2.00. The van der Waals surface area contributed by atoms with E-state index in [4.69, 9.17) is 4.52 Å². The fraction of sp³-hybridized carbons (Fsp3) is 0.368. The van der Waals surface area contributed by atoms with Crippen LogP contribution in [0.1, 0.15) is 40.5 Å². The smallest absolute Gasteiger partial charge is 0.259 e. The molecule has 0 spiro atoms. The molecule has 1 fully saturated rings. The van der Waals surface area contributed by atoms with Gasteiger partial charge in [-0.05, 0) is 30.9 Å². The lowest BCUT2D eigenvalue weighted by atomic mass is 9.95. The van der Waals surface area contributed by atoms with Gasteiger partial charge in [0.2, 0.25) is 11.8 Å². The molecule has 7 heteroatoms. The van der Waals surface area contributed by atoms with E-state index in [1.54, 1.807) is 11.1 Å². The van der Waals surface area contributed by atoms with Crippen LogP contribution in [0.3, 0.4) is 0 Å². The lowest BCUT2D eigenvalue weighted by molar-refractivity contribution is 0.0708. The Morgan fingerprint density at radius 2 is 2.04 bits per heavy atom. The number of hydrogen-bond donors (Lipinski definition) is 0. The van der Waals surface area contributed by atoms with Gasteiger partial charge in [-0.25, -0.2) is 0 Å². The van der Waals surface area contributed by atoms with Crippen LogP contribution in [0.2, 0.25) is 0 Å². The molecule has 1 aromatic carbocycles. The third-order valence-electron chi connectivity index (χ3n) is 5.56. The number of carbonyl (C=O) groups excluding carboxylic acids is 1. The number of rotatable bonds is 2. The van der Waals surface area contributed by atoms with Crippen LogP contribution in [0.15, 0.2) is 40.1 Å². The van der Waals surface area contributed by atoms with Crippen LogP contribution in [-0.4, -0.2) is 38.6 Å². The Morgan fingerprint density at radius 1 is 1.19 bits per heavy atom. The highest BCUT2D eigenvalue weighted by molar-refractivity contribution is 5.98. The van der Waals surface area contributed by atoms with Crippen LogP contribution in [0.5, 0.6) is 0 Å². The first kappa shape index (κ1) is 15.3. The second-order valence-corrected chi connectivity index (χ2v) is 6.98. The summed E-state index contributed by atoms with van der Waals surface area (Å²) in [5.41, 5.74) is 2.27. The van der Waals surface area contributed by atoms with Crippen molar-refractivity contribution in [3.8, 4) is 0 Å². The molecule has 0 aliphatic carbocycles. The highest BCUT2D eigenvalue weighted by Crippen LogP contribution is 2.27. The molecule has 0 N–H and O–H groups in total. The summed E-state index contributed by atoms with van der Waals surface area (Å²) in [4.78, 5) is 31.8. The quantitative estimate of drug-likeness (QED) is 0.706. The van der Waals surface area contributed by atoms with Gasteiger partial charge in [0.05, 0.1) is 5.52 Å². The number of piperidine rings is 1. The number of nitrogens with zero attached hydrogens (tertiary/aromatic N) is 4. The molecule has 0 atom stereocenters. The molecule has 132 valence electrons. The first-order valence-corrected chi connectivity index (χ1v) is 8.93. The normalized spacial score (nSPS) is 17.2. The van der Waals surface area contributed by atoms with Crippen molar-refractivity contribution in [3.05, 3.63) is 58.0 Å². The van der Waals surface area contributed by atoms with Gasteiger partial charge in [0, 0.05) is 37.1 Å². The Hall–Kier alpha value is -2.96. The summed E-state index contributed by atoms with van der Waals surface area (Å²) in [5, 5.41) is 4.55. The van der Waals surface area contributed by atoms with Crippen molar-refractivity contribution in [3.63, 3.8) is 0 Å². The molecule has 1 saturated heterocycles. The van der Waals surface area contributed by atoms with Crippen molar-refractivity contribution in [2.45, 2.75) is 31.7 Å². The number of hydrogen-bond acceptors (Lipinski definition) is 5. The Balaban J connectivity index is 1.44. The molecular weight excluding hydrogens is 332 g/mol. The Morgan fingerprint density at radius 3 is 2.81 bits per heavy atom. The molecule has 2 aliphatic rings. The third kappa shape index (κ3) is 2.27. The third-order valence-corrected chi connectivity index (χ3v) is 5.56. The van der Waals surface area contributed by atoms with Gasteiger partial charge in [-0.1, -0.05) is 17.3 Å². The maximum atomic E-state index is 13.0. The molecule has 3 aromatic rings. The lowest BCUT2D eigenvalue weighted by Gasteiger charge is -2.30. The molecule has 4 heterocycles. The summed E-state index contributed by atoms with van der Waals surface area (Å²) >= 11 is 0. The Labute approximate surface area is 149 Å². The SMILES string of the molecule is O=C(c1cn2c3c(cccc3c1=O)CC2)N1CCC(c2ncon2)CC1. The molecule has 1 amide bonds. The standard InChI is InChI=1S/C19H18N4O3/c24-17-14-3-1-2-12-4-9-23(16(12)14)10-15(17)19(25)22-7-5-13(6-8-22)18-20-11-26-21-18/h1-3,10-11,13H,4-9H2. The first-order valence-electron chi connectivity index (χ1n) is 8.93. The van der Waals surface area contributed by atoms with E-state index in [0.717, 1.165) is 31.3 Å². The van der Waals surface area contributed by atoms with E-state index in [1.807, 2.05) is 16.7 Å². The second kappa shape index (κ2) is 5.79. The molecule has 2 aliphatic heterocycles. The lowest BCUT2D eigenvalue weighted by Crippen LogP contribution is -2.40. The summed E-state index contributed by atoms with van der Waals surface area (Å²) in [5.74, 6) is 0.726. The summed E-state index contributed by atoms with van der Waals surface area (Å²) < 4.78 is 6.86. The van der Waals surface area contributed by atoms with Crippen LogP contribution in [0.4, 0.5) is 0 Å². The highest BCUT2D eigenvalue weighted by atomic mass is 16.5. The Bertz CT molecular complexity index is 1050. The zero-order chi connectivity index (χ0) is 17.7. The van der Waals surface area contributed by atoms with Crippen LogP contribution >= 0.6 is 0 Å². The fourth-order valence-corrected chi connectivity index (χ4v) is 4.18. The van der Waals surface area contributed by atoms with Gasteiger partial charge in [0.25, 0.3) is 5.91 Å². The monoisotopic (exact) mass is 350 g/mol. The van der Waals surface area contributed by atoms with Crippen molar-refractivity contribution >= 4 is 16.8 Å². The number of pyridine rings is 1. The fourth-order valence-electron chi connectivity index (χ4n) is 4.18. The Kier molecular flexibility index (Phi) is 3.41. The van der Waals surface area contributed by atoms with E-state index < -0.39 is 0 Å². The van der Waals surface area contributed by atoms with Gasteiger partial charge in [-0.15, -0.1) is 0 Å². The highest BCUT2D eigenvalue weighted by Gasteiger charge is 2.29. The second-order valence-electron chi connectivity index (χ2n) is 6.98. The van der Waals surface area contributed by atoms with Gasteiger partial charge in [0.15, 0.2) is 5.82 Å². The van der Waals surface area contributed by atoms with Crippen molar-refractivity contribution in [2.24, 2.45) is 0 Å². The van der Waals surface area contributed by atoms with Crippen molar-refractivity contribution < 1.29 is 9.32 Å². The maximum absolute atomic E-state index is 13.0.